The van der Waals surface area contributed by atoms with Gasteiger partial charge in [-0.15, -0.1) is 11.3 Å². The predicted molar refractivity (Wildman–Crippen MR) is 124 cm³/mol. The Morgan fingerprint density at radius 2 is 2.00 bits per heavy atom. The molecule has 2 aliphatic rings. The van der Waals surface area contributed by atoms with Crippen LogP contribution in [0, 0.1) is 0 Å². The topological polar surface area (TPSA) is 79.7 Å². The van der Waals surface area contributed by atoms with Crippen LogP contribution in [0.3, 0.4) is 0 Å². The van der Waals surface area contributed by atoms with Gasteiger partial charge in [0.15, 0.2) is 5.13 Å². The maximum Gasteiger partial charge on any atom is 0.301 e. The lowest BCUT2D eigenvalue weighted by Gasteiger charge is -2.23. The molecule has 5 rings (SSSR count). The van der Waals surface area contributed by atoms with E-state index in [1.165, 1.54) is 16.2 Å². The molecular formula is C23H16Cl2N2O4S. The molecule has 0 saturated carbocycles. The maximum atomic E-state index is 13.1. The van der Waals surface area contributed by atoms with Gasteiger partial charge in [0.1, 0.15) is 17.6 Å². The molecule has 0 unspecified atom stereocenters. The Hall–Kier alpha value is -2.87. The van der Waals surface area contributed by atoms with Crippen molar-refractivity contribution in [3.63, 3.8) is 0 Å². The van der Waals surface area contributed by atoms with Gasteiger partial charge in [0, 0.05) is 23.6 Å². The Bertz CT molecular complexity index is 1290. The number of aliphatic hydroxyl groups excluding tert-OH is 1. The van der Waals surface area contributed by atoms with Gasteiger partial charge in [0.25, 0.3) is 5.78 Å². The molecule has 1 amide bonds. The summed E-state index contributed by atoms with van der Waals surface area (Å²) < 4.78 is 5.72. The summed E-state index contributed by atoms with van der Waals surface area (Å²) in [6, 6.07) is 9.18. The number of carbonyl (C=O) groups is 2. The lowest BCUT2D eigenvalue weighted by atomic mass is 9.94. The van der Waals surface area contributed by atoms with Gasteiger partial charge in [0.2, 0.25) is 0 Å². The molecule has 1 fully saturated rings. The van der Waals surface area contributed by atoms with Crippen LogP contribution >= 0.6 is 34.5 Å². The van der Waals surface area contributed by atoms with Crippen molar-refractivity contribution < 1.29 is 19.4 Å². The number of aromatic nitrogens is 1. The average Bonchev–Trinajstić information content (AvgIpc) is 3.47. The number of benzene rings is 2. The summed E-state index contributed by atoms with van der Waals surface area (Å²) in [5, 5.41) is 13.9. The minimum Gasteiger partial charge on any atom is -0.507 e. The van der Waals surface area contributed by atoms with E-state index in [4.69, 9.17) is 27.9 Å². The summed E-state index contributed by atoms with van der Waals surface area (Å²) in [6.45, 7) is 1.96. The van der Waals surface area contributed by atoms with Crippen molar-refractivity contribution >= 4 is 57.1 Å². The highest BCUT2D eigenvalue weighted by molar-refractivity contribution is 7.14. The first kappa shape index (κ1) is 21.0. The van der Waals surface area contributed by atoms with E-state index in [2.05, 4.69) is 4.98 Å². The second-order valence-electron chi connectivity index (χ2n) is 7.61. The van der Waals surface area contributed by atoms with Gasteiger partial charge in [0.05, 0.1) is 21.7 Å². The lowest BCUT2D eigenvalue weighted by Crippen LogP contribution is -2.29. The summed E-state index contributed by atoms with van der Waals surface area (Å²) in [4.78, 5) is 31.7. The van der Waals surface area contributed by atoms with Crippen LogP contribution in [-0.4, -0.2) is 27.9 Å². The summed E-state index contributed by atoms with van der Waals surface area (Å²) >= 11 is 13.5. The molecule has 3 heterocycles. The van der Waals surface area contributed by atoms with Gasteiger partial charge in [-0.25, -0.2) is 4.98 Å². The van der Waals surface area contributed by atoms with Crippen LogP contribution in [0.25, 0.3) is 5.76 Å². The number of thiazole rings is 1. The van der Waals surface area contributed by atoms with Gasteiger partial charge in [-0.3, -0.25) is 14.5 Å². The number of ketones is 1. The van der Waals surface area contributed by atoms with Crippen molar-refractivity contribution in [2.45, 2.75) is 25.5 Å². The number of halogens is 2. The third kappa shape index (κ3) is 3.37. The van der Waals surface area contributed by atoms with Crippen LogP contribution in [0.4, 0.5) is 5.13 Å². The molecule has 1 aromatic heterocycles. The zero-order chi connectivity index (χ0) is 22.6. The molecule has 0 radical (unpaired) electrons. The molecule has 2 aromatic carbocycles. The second-order valence-corrected chi connectivity index (χ2v) is 9.30. The van der Waals surface area contributed by atoms with Crippen LogP contribution in [-0.2, 0) is 16.0 Å². The Morgan fingerprint density at radius 1 is 1.19 bits per heavy atom. The number of hydrogen-bond donors (Lipinski definition) is 1. The summed E-state index contributed by atoms with van der Waals surface area (Å²) in [5.41, 5.74) is 1.87. The number of hydrogen-bond acceptors (Lipinski definition) is 6. The Labute approximate surface area is 197 Å². The number of fused-ring (bicyclic) bond motifs is 1. The Kier molecular flexibility index (Phi) is 5.20. The molecular weight excluding hydrogens is 471 g/mol. The normalized spacial score (nSPS) is 21.7. The monoisotopic (exact) mass is 486 g/mol. The number of nitrogens with zero attached hydrogens (tertiary/aromatic N) is 2. The van der Waals surface area contributed by atoms with E-state index < -0.39 is 17.7 Å². The Balaban J connectivity index is 1.70. The second kappa shape index (κ2) is 7.92. The van der Waals surface area contributed by atoms with Crippen molar-refractivity contribution in [1.29, 1.82) is 0 Å². The molecule has 32 heavy (non-hydrogen) atoms. The SMILES string of the molecule is C[C@H]1Cc2cc(/C(O)=C3\C(=O)C(=O)N(c4nccs4)[C@H]3c3ccc(Cl)c(Cl)c3)ccc2O1. The highest BCUT2D eigenvalue weighted by Gasteiger charge is 2.48. The fraction of sp³-hybridized carbons (Fsp3) is 0.174. The van der Waals surface area contributed by atoms with Crippen LogP contribution in [0.15, 0.2) is 53.5 Å². The quantitative estimate of drug-likeness (QED) is 0.304. The summed E-state index contributed by atoms with van der Waals surface area (Å²) in [6.07, 6.45) is 2.28. The van der Waals surface area contributed by atoms with Crippen LogP contribution < -0.4 is 9.64 Å². The molecule has 0 spiro atoms. The number of Topliss-reactive ketones (excluding diaryl/α,β-unsaturated/α-hetero) is 1. The lowest BCUT2D eigenvalue weighted by molar-refractivity contribution is -0.132. The number of rotatable bonds is 3. The highest BCUT2D eigenvalue weighted by Crippen LogP contribution is 2.44. The van der Waals surface area contributed by atoms with Gasteiger partial charge in [-0.05, 0) is 48.4 Å². The molecule has 2 aliphatic heterocycles. The Morgan fingerprint density at radius 3 is 2.72 bits per heavy atom. The molecule has 6 nitrogen and oxygen atoms in total. The first-order chi connectivity index (χ1) is 15.3. The zero-order valence-corrected chi connectivity index (χ0v) is 19.0. The first-order valence-corrected chi connectivity index (χ1v) is 11.4. The number of aliphatic hydroxyl groups is 1. The first-order valence-electron chi connectivity index (χ1n) is 9.80. The van der Waals surface area contributed by atoms with Gasteiger partial charge >= 0.3 is 5.91 Å². The van der Waals surface area contributed by atoms with Crippen molar-refractivity contribution in [2.24, 2.45) is 0 Å². The van der Waals surface area contributed by atoms with E-state index in [9.17, 15) is 14.7 Å². The third-order valence-electron chi connectivity index (χ3n) is 5.50. The van der Waals surface area contributed by atoms with Crippen LogP contribution in [0.2, 0.25) is 10.0 Å². The van der Waals surface area contributed by atoms with Crippen molar-refractivity contribution in [3.05, 3.63) is 80.3 Å². The molecule has 1 N–H and O–H groups in total. The van der Waals surface area contributed by atoms with E-state index in [-0.39, 0.29) is 22.5 Å². The maximum absolute atomic E-state index is 13.1. The molecule has 2 atom stereocenters. The molecule has 0 bridgehead atoms. The largest absolute Gasteiger partial charge is 0.507 e. The van der Waals surface area contributed by atoms with Crippen LogP contribution in [0.5, 0.6) is 5.75 Å². The van der Waals surface area contributed by atoms with Gasteiger partial charge in [-0.1, -0.05) is 29.3 Å². The standard InChI is InChI=1S/C23H16Cl2N2O4S/c1-11-8-14-9-13(3-5-17(14)31-11)20(28)18-19(12-2-4-15(24)16(25)10-12)27(22(30)21(18)29)23-26-6-7-32-23/h2-7,9-11,19,28H,8H2,1H3/b20-18+/t11-,19-/m0/s1. The van der Waals surface area contributed by atoms with E-state index >= 15 is 0 Å². The summed E-state index contributed by atoms with van der Waals surface area (Å²) in [5.74, 6) is -1.08. The smallest absolute Gasteiger partial charge is 0.301 e. The van der Waals surface area contributed by atoms with Crippen LogP contribution in [0.1, 0.15) is 29.7 Å². The van der Waals surface area contributed by atoms with Crippen molar-refractivity contribution in [2.75, 3.05) is 4.90 Å². The van der Waals surface area contributed by atoms with E-state index in [1.54, 1.807) is 48.0 Å². The zero-order valence-electron chi connectivity index (χ0n) is 16.7. The minimum atomic E-state index is -0.903. The third-order valence-corrected chi connectivity index (χ3v) is 7.01. The van der Waals surface area contributed by atoms with E-state index in [0.717, 1.165) is 11.3 Å². The highest BCUT2D eigenvalue weighted by atomic mass is 35.5. The van der Waals surface area contributed by atoms with E-state index in [1.807, 2.05) is 6.92 Å². The van der Waals surface area contributed by atoms with Gasteiger partial charge in [-0.2, -0.15) is 0 Å². The van der Waals surface area contributed by atoms with Gasteiger partial charge < -0.3 is 9.84 Å². The molecule has 3 aromatic rings. The van der Waals surface area contributed by atoms with Crippen molar-refractivity contribution in [3.8, 4) is 5.75 Å². The average molecular weight is 487 g/mol. The molecule has 9 heteroatoms. The summed E-state index contributed by atoms with van der Waals surface area (Å²) in [7, 11) is 0. The van der Waals surface area contributed by atoms with E-state index in [0.29, 0.717) is 27.7 Å². The molecule has 162 valence electrons. The number of carbonyl (C=O) groups excluding carboxylic acids is 2. The fourth-order valence-corrected chi connectivity index (χ4v) is 5.06. The fourth-order valence-electron chi connectivity index (χ4n) is 4.09. The van der Waals surface area contributed by atoms with Crippen molar-refractivity contribution in [1.82, 2.24) is 4.98 Å². The minimum absolute atomic E-state index is 0.0319. The molecule has 0 aliphatic carbocycles. The molecule has 1 saturated heterocycles. The number of amides is 1. The number of anilines is 1. The number of ether oxygens (including phenoxy) is 1. The predicted octanol–water partition coefficient (Wildman–Crippen LogP) is 5.40.